The molecule has 0 aliphatic heterocycles. The SMILES string of the molecule is CC(C)C(C)(C)CN=C(N)Nc1cc(F)ccc1F.I. The van der Waals surface area contributed by atoms with Gasteiger partial charge in [0.15, 0.2) is 5.96 Å². The average Bonchev–Trinajstić information content (AvgIpc) is 2.31. The summed E-state index contributed by atoms with van der Waals surface area (Å²) in [7, 11) is 0. The van der Waals surface area contributed by atoms with Crippen LogP contribution in [0.4, 0.5) is 14.5 Å². The van der Waals surface area contributed by atoms with Crippen LogP contribution in [0.1, 0.15) is 27.7 Å². The third-order valence-electron chi connectivity index (χ3n) is 3.41. The van der Waals surface area contributed by atoms with Crippen LogP contribution in [0, 0.1) is 23.0 Å². The van der Waals surface area contributed by atoms with E-state index < -0.39 is 11.6 Å². The molecule has 0 fully saturated rings. The van der Waals surface area contributed by atoms with Crippen molar-refractivity contribution in [3.05, 3.63) is 29.8 Å². The van der Waals surface area contributed by atoms with E-state index in [1.54, 1.807) is 0 Å². The smallest absolute Gasteiger partial charge is 0.193 e. The zero-order valence-electron chi connectivity index (χ0n) is 12.2. The number of hydrogen-bond donors (Lipinski definition) is 2. The molecule has 0 amide bonds. The average molecular weight is 397 g/mol. The Morgan fingerprint density at radius 1 is 1.35 bits per heavy atom. The number of nitrogens with two attached hydrogens (primary N) is 1. The quantitative estimate of drug-likeness (QED) is 0.459. The molecule has 114 valence electrons. The first-order valence-electron chi connectivity index (χ1n) is 6.24. The lowest BCUT2D eigenvalue weighted by molar-refractivity contribution is 0.262. The predicted molar refractivity (Wildman–Crippen MR) is 90.5 cm³/mol. The third-order valence-corrected chi connectivity index (χ3v) is 3.41. The number of halogens is 3. The van der Waals surface area contributed by atoms with Gasteiger partial charge in [-0.25, -0.2) is 8.78 Å². The highest BCUT2D eigenvalue weighted by Gasteiger charge is 2.21. The highest BCUT2D eigenvalue weighted by molar-refractivity contribution is 14.0. The minimum Gasteiger partial charge on any atom is -0.370 e. The molecule has 0 spiro atoms. The Morgan fingerprint density at radius 2 is 1.95 bits per heavy atom. The van der Waals surface area contributed by atoms with Gasteiger partial charge in [-0.1, -0.05) is 27.7 Å². The monoisotopic (exact) mass is 397 g/mol. The molecule has 20 heavy (non-hydrogen) atoms. The van der Waals surface area contributed by atoms with Crippen LogP contribution in [0.15, 0.2) is 23.2 Å². The standard InChI is InChI=1S/C14H21F2N3.HI/c1-9(2)14(3,4)8-18-13(17)19-12-7-10(15)5-6-11(12)16;/h5-7,9H,8H2,1-4H3,(H3,17,18,19);1H. The van der Waals surface area contributed by atoms with Gasteiger partial charge in [-0.3, -0.25) is 4.99 Å². The van der Waals surface area contributed by atoms with Gasteiger partial charge >= 0.3 is 0 Å². The molecule has 0 unspecified atom stereocenters. The van der Waals surface area contributed by atoms with E-state index in [9.17, 15) is 8.78 Å². The number of aliphatic imine (C=N–C) groups is 1. The van der Waals surface area contributed by atoms with Crippen molar-refractivity contribution in [1.29, 1.82) is 0 Å². The van der Waals surface area contributed by atoms with Crippen molar-refractivity contribution in [2.45, 2.75) is 27.7 Å². The Bertz CT molecular complexity index is 473. The molecule has 0 heterocycles. The van der Waals surface area contributed by atoms with E-state index in [0.29, 0.717) is 12.5 Å². The molecule has 1 rings (SSSR count). The zero-order valence-corrected chi connectivity index (χ0v) is 14.5. The fourth-order valence-electron chi connectivity index (χ4n) is 1.24. The van der Waals surface area contributed by atoms with Gasteiger partial charge in [0.1, 0.15) is 11.6 Å². The van der Waals surface area contributed by atoms with Gasteiger partial charge < -0.3 is 11.1 Å². The van der Waals surface area contributed by atoms with Gasteiger partial charge in [0, 0.05) is 12.6 Å². The second-order valence-corrected chi connectivity index (χ2v) is 5.59. The van der Waals surface area contributed by atoms with Crippen LogP contribution in [0.25, 0.3) is 0 Å². The number of benzene rings is 1. The van der Waals surface area contributed by atoms with Gasteiger partial charge in [0.05, 0.1) is 5.69 Å². The van der Waals surface area contributed by atoms with E-state index in [-0.39, 0.29) is 41.0 Å². The number of guanidine groups is 1. The Hall–Kier alpha value is -0.920. The lowest BCUT2D eigenvalue weighted by atomic mass is 9.81. The maximum Gasteiger partial charge on any atom is 0.193 e. The van der Waals surface area contributed by atoms with Crippen LogP contribution in [0.5, 0.6) is 0 Å². The molecule has 0 aromatic heterocycles. The summed E-state index contributed by atoms with van der Waals surface area (Å²) in [5.41, 5.74) is 5.66. The summed E-state index contributed by atoms with van der Waals surface area (Å²) in [6, 6.07) is 3.14. The van der Waals surface area contributed by atoms with E-state index in [2.05, 4.69) is 38.0 Å². The van der Waals surface area contributed by atoms with Crippen LogP contribution in [0.2, 0.25) is 0 Å². The molecule has 1 aromatic carbocycles. The molecule has 0 saturated heterocycles. The second-order valence-electron chi connectivity index (χ2n) is 5.59. The van der Waals surface area contributed by atoms with Gasteiger partial charge in [-0.05, 0) is 23.5 Å². The number of rotatable bonds is 4. The van der Waals surface area contributed by atoms with Gasteiger partial charge in [-0.2, -0.15) is 0 Å². The molecule has 6 heteroatoms. The summed E-state index contributed by atoms with van der Waals surface area (Å²) in [5.74, 6) is -0.574. The van der Waals surface area contributed by atoms with E-state index in [0.717, 1.165) is 18.2 Å². The summed E-state index contributed by atoms with van der Waals surface area (Å²) in [6.07, 6.45) is 0. The van der Waals surface area contributed by atoms with Crippen LogP contribution in [-0.2, 0) is 0 Å². The molecule has 3 nitrogen and oxygen atoms in total. The summed E-state index contributed by atoms with van der Waals surface area (Å²) in [4.78, 5) is 4.18. The number of hydrogen-bond acceptors (Lipinski definition) is 1. The first-order chi connectivity index (χ1) is 8.72. The van der Waals surface area contributed by atoms with E-state index in [1.165, 1.54) is 0 Å². The van der Waals surface area contributed by atoms with Crippen molar-refractivity contribution in [3.8, 4) is 0 Å². The van der Waals surface area contributed by atoms with Crippen molar-refractivity contribution in [1.82, 2.24) is 0 Å². The van der Waals surface area contributed by atoms with E-state index in [1.807, 2.05) is 0 Å². The Kier molecular flexibility index (Phi) is 7.40. The van der Waals surface area contributed by atoms with E-state index in [4.69, 9.17) is 5.73 Å². The number of nitrogens with zero attached hydrogens (tertiary/aromatic N) is 1. The van der Waals surface area contributed by atoms with Gasteiger partial charge in [0.25, 0.3) is 0 Å². The summed E-state index contributed by atoms with van der Waals surface area (Å²) >= 11 is 0. The first kappa shape index (κ1) is 19.1. The molecule has 0 bridgehead atoms. The van der Waals surface area contributed by atoms with Crippen LogP contribution >= 0.6 is 24.0 Å². The largest absolute Gasteiger partial charge is 0.370 e. The summed E-state index contributed by atoms with van der Waals surface area (Å²) in [6.45, 7) is 8.88. The lowest BCUT2D eigenvalue weighted by Crippen LogP contribution is -2.28. The zero-order chi connectivity index (χ0) is 14.6. The predicted octanol–water partition coefficient (Wildman–Crippen LogP) is 3.99. The van der Waals surface area contributed by atoms with Crippen molar-refractivity contribution in [2.75, 3.05) is 11.9 Å². The van der Waals surface area contributed by atoms with Crippen LogP contribution < -0.4 is 11.1 Å². The first-order valence-corrected chi connectivity index (χ1v) is 6.24. The van der Waals surface area contributed by atoms with Crippen molar-refractivity contribution >= 4 is 35.6 Å². The molecule has 3 N–H and O–H groups in total. The second kappa shape index (κ2) is 7.75. The molecule has 0 aliphatic rings. The Balaban J connectivity index is 0.00000361. The van der Waals surface area contributed by atoms with Gasteiger partial charge in [-0.15, -0.1) is 24.0 Å². The summed E-state index contributed by atoms with van der Waals surface area (Å²) < 4.78 is 26.4. The lowest BCUT2D eigenvalue weighted by Gasteiger charge is -2.27. The maximum atomic E-state index is 13.4. The summed E-state index contributed by atoms with van der Waals surface area (Å²) in [5, 5.41) is 2.58. The molecular weight excluding hydrogens is 375 g/mol. The molecule has 1 aromatic rings. The van der Waals surface area contributed by atoms with E-state index >= 15 is 0 Å². The minimum absolute atomic E-state index is 0. The van der Waals surface area contributed by atoms with Crippen molar-refractivity contribution in [3.63, 3.8) is 0 Å². The molecular formula is C14H22F2IN3. The number of anilines is 1. The molecule has 0 atom stereocenters. The normalized spacial score (nSPS) is 12.2. The number of nitrogens with one attached hydrogen (secondary N) is 1. The topological polar surface area (TPSA) is 50.4 Å². The highest BCUT2D eigenvalue weighted by Crippen LogP contribution is 2.26. The van der Waals surface area contributed by atoms with Crippen LogP contribution in [-0.4, -0.2) is 12.5 Å². The maximum absolute atomic E-state index is 13.4. The molecule has 0 saturated carbocycles. The Labute approximate surface area is 136 Å². The molecule has 0 radical (unpaired) electrons. The van der Waals surface area contributed by atoms with Crippen molar-refractivity contribution in [2.24, 2.45) is 22.1 Å². The molecule has 0 aliphatic carbocycles. The van der Waals surface area contributed by atoms with Crippen LogP contribution in [0.3, 0.4) is 0 Å². The van der Waals surface area contributed by atoms with Crippen molar-refractivity contribution < 1.29 is 8.78 Å². The highest BCUT2D eigenvalue weighted by atomic mass is 127. The van der Waals surface area contributed by atoms with Gasteiger partial charge in [0.2, 0.25) is 0 Å². The Morgan fingerprint density at radius 3 is 2.50 bits per heavy atom. The fraction of sp³-hybridized carbons (Fsp3) is 0.500. The minimum atomic E-state index is -0.567. The fourth-order valence-corrected chi connectivity index (χ4v) is 1.24. The third kappa shape index (κ3) is 5.60.